The van der Waals surface area contributed by atoms with E-state index in [4.69, 9.17) is 16.3 Å². The Kier molecular flexibility index (Phi) is 5.65. The molecule has 1 aliphatic rings. The number of anilines is 1. The number of aromatic nitrogens is 3. The van der Waals surface area contributed by atoms with E-state index in [1.165, 1.54) is 12.1 Å². The zero-order chi connectivity index (χ0) is 22.2. The van der Waals surface area contributed by atoms with Gasteiger partial charge in [0.05, 0.1) is 16.8 Å². The van der Waals surface area contributed by atoms with E-state index in [0.717, 1.165) is 25.1 Å². The van der Waals surface area contributed by atoms with Crippen LogP contribution in [-0.4, -0.2) is 35.3 Å². The van der Waals surface area contributed by atoms with Crippen molar-refractivity contribution in [3.8, 4) is 5.88 Å². The molecule has 2 heterocycles. The van der Waals surface area contributed by atoms with Crippen LogP contribution in [0.3, 0.4) is 0 Å². The van der Waals surface area contributed by atoms with E-state index in [0.29, 0.717) is 5.52 Å². The minimum atomic E-state index is -4.84. The van der Waals surface area contributed by atoms with Gasteiger partial charge in [-0.1, -0.05) is 29.8 Å². The second-order valence-electron chi connectivity index (χ2n) is 7.15. The molecule has 3 aromatic rings. The zero-order valence-corrected chi connectivity index (χ0v) is 17.4. The van der Waals surface area contributed by atoms with Gasteiger partial charge in [0.25, 0.3) is 5.88 Å². The maximum Gasteiger partial charge on any atom is 0.429 e. The summed E-state index contributed by atoms with van der Waals surface area (Å²) in [6.45, 7) is 0. The summed E-state index contributed by atoms with van der Waals surface area (Å²) in [5.74, 6) is -1.12. The first-order chi connectivity index (χ1) is 14.6. The maximum absolute atomic E-state index is 13.8. The van der Waals surface area contributed by atoms with Gasteiger partial charge in [-0.3, -0.25) is 4.72 Å². The SMILES string of the molecule is O=S(=O)(CC1CC1)Nc1nc2ccccc2nc1OC(c1ccc(Cl)nc1)C(F)(F)F. The Bertz CT molecular complexity index is 1200. The summed E-state index contributed by atoms with van der Waals surface area (Å²) in [5.41, 5.74) is 0.229. The van der Waals surface area contributed by atoms with Crippen LogP contribution in [0.1, 0.15) is 24.5 Å². The van der Waals surface area contributed by atoms with Crippen LogP contribution >= 0.6 is 11.6 Å². The molecule has 7 nitrogen and oxygen atoms in total. The lowest BCUT2D eigenvalue weighted by Gasteiger charge is -2.22. The molecule has 1 aliphatic carbocycles. The number of halogens is 4. The van der Waals surface area contributed by atoms with Crippen molar-refractivity contribution in [2.24, 2.45) is 5.92 Å². The molecule has 0 aliphatic heterocycles. The lowest BCUT2D eigenvalue weighted by molar-refractivity contribution is -0.198. The van der Waals surface area contributed by atoms with Crippen molar-refractivity contribution in [2.75, 3.05) is 10.5 Å². The zero-order valence-electron chi connectivity index (χ0n) is 15.8. The quantitative estimate of drug-likeness (QED) is 0.508. The van der Waals surface area contributed by atoms with E-state index < -0.39 is 34.0 Å². The first kappa shape index (κ1) is 21.6. The highest BCUT2D eigenvalue weighted by molar-refractivity contribution is 7.92. The fourth-order valence-corrected chi connectivity index (χ4v) is 4.47. The van der Waals surface area contributed by atoms with Crippen LogP contribution in [0.15, 0.2) is 42.6 Å². The smallest absolute Gasteiger partial charge is 0.429 e. The fraction of sp³-hybridized carbons (Fsp3) is 0.316. The van der Waals surface area contributed by atoms with Gasteiger partial charge in [0, 0.05) is 11.8 Å². The lowest BCUT2D eigenvalue weighted by Crippen LogP contribution is -2.27. The van der Waals surface area contributed by atoms with Gasteiger partial charge in [-0.2, -0.15) is 13.2 Å². The van der Waals surface area contributed by atoms with Crippen molar-refractivity contribution >= 4 is 38.5 Å². The van der Waals surface area contributed by atoms with E-state index in [-0.39, 0.29) is 27.9 Å². The van der Waals surface area contributed by atoms with Gasteiger partial charge >= 0.3 is 6.18 Å². The molecule has 2 aromatic heterocycles. The van der Waals surface area contributed by atoms with E-state index in [9.17, 15) is 21.6 Å². The predicted molar refractivity (Wildman–Crippen MR) is 108 cm³/mol. The number of para-hydroxylation sites is 2. The van der Waals surface area contributed by atoms with Crippen molar-refractivity contribution in [1.29, 1.82) is 0 Å². The molecule has 0 spiro atoms. The number of alkyl halides is 3. The van der Waals surface area contributed by atoms with E-state index in [1.807, 2.05) is 0 Å². The summed E-state index contributed by atoms with van der Waals surface area (Å²) in [6.07, 6.45) is -4.79. The van der Waals surface area contributed by atoms with Crippen LogP contribution in [0.2, 0.25) is 5.15 Å². The average molecular weight is 473 g/mol. The number of nitrogens with one attached hydrogen (secondary N) is 1. The Morgan fingerprint density at radius 3 is 2.39 bits per heavy atom. The molecule has 0 amide bonds. The third kappa shape index (κ3) is 5.34. The molecule has 0 radical (unpaired) electrons. The summed E-state index contributed by atoms with van der Waals surface area (Å²) in [4.78, 5) is 11.9. The topological polar surface area (TPSA) is 94.1 Å². The number of benzene rings is 1. The van der Waals surface area contributed by atoms with Gasteiger partial charge in [0.15, 0.2) is 0 Å². The molecule has 1 fully saturated rings. The number of rotatable bonds is 7. The Morgan fingerprint density at radius 2 is 1.81 bits per heavy atom. The Labute approximate surface area is 180 Å². The van der Waals surface area contributed by atoms with Gasteiger partial charge in [-0.15, -0.1) is 0 Å². The largest absolute Gasteiger partial charge is 0.457 e. The fourth-order valence-electron chi connectivity index (χ4n) is 2.89. The number of hydrogen-bond acceptors (Lipinski definition) is 6. The van der Waals surface area contributed by atoms with Crippen molar-refractivity contribution < 1.29 is 26.3 Å². The molecular formula is C19H16ClF3N4O3S. The standard InChI is InChI=1S/C19H16ClF3N4O3S/c20-15-8-7-12(9-24-15)16(19(21,22)23)30-18-17(27-31(28,29)10-11-5-6-11)25-13-3-1-2-4-14(13)26-18/h1-4,7-9,11,16H,5-6,10H2,(H,25,27). The van der Waals surface area contributed by atoms with Gasteiger partial charge in [0.2, 0.25) is 21.9 Å². The molecule has 1 N–H and O–H groups in total. The third-order valence-electron chi connectivity index (χ3n) is 4.52. The number of ether oxygens (including phenoxy) is 1. The molecule has 4 rings (SSSR count). The van der Waals surface area contributed by atoms with Crippen LogP contribution < -0.4 is 9.46 Å². The van der Waals surface area contributed by atoms with Gasteiger partial charge in [-0.25, -0.2) is 23.4 Å². The van der Waals surface area contributed by atoms with Crippen LogP contribution in [0.5, 0.6) is 5.88 Å². The van der Waals surface area contributed by atoms with Gasteiger partial charge in [-0.05, 0) is 37.0 Å². The number of fused-ring (bicyclic) bond motifs is 1. The Hall–Kier alpha value is -2.66. The van der Waals surface area contributed by atoms with Crippen molar-refractivity contribution in [2.45, 2.75) is 25.1 Å². The first-order valence-corrected chi connectivity index (χ1v) is 11.3. The number of hydrogen-bond donors (Lipinski definition) is 1. The second kappa shape index (κ2) is 8.12. The first-order valence-electron chi connectivity index (χ1n) is 9.23. The minimum absolute atomic E-state index is 0.0173. The highest BCUT2D eigenvalue weighted by Gasteiger charge is 2.44. The molecule has 1 saturated carbocycles. The normalized spacial score (nSPS) is 15.6. The van der Waals surface area contributed by atoms with Crippen molar-refractivity contribution in [3.63, 3.8) is 0 Å². The summed E-state index contributed by atoms with van der Waals surface area (Å²) in [5, 5.41) is 0.0173. The summed E-state index contributed by atoms with van der Waals surface area (Å²) >= 11 is 5.67. The van der Waals surface area contributed by atoms with Crippen LogP contribution in [0, 0.1) is 5.92 Å². The monoisotopic (exact) mass is 472 g/mol. The summed E-state index contributed by atoms with van der Waals surface area (Å²) in [6, 6.07) is 8.70. The predicted octanol–water partition coefficient (Wildman–Crippen LogP) is 4.51. The molecule has 12 heteroatoms. The molecule has 0 saturated heterocycles. The minimum Gasteiger partial charge on any atom is -0.457 e. The number of pyridine rings is 1. The summed E-state index contributed by atoms with van der Waals surface area (Å²) < 4.78 is 73.7. The van der Waals surface area contributed by atoms with Gasteiger partial charge < -0.3 is 4.74 Å². The molecule has 164 valence electrons. The number of nitrogens with zero attached hydrogens (tertiary/aromatic N) is 3. The summed E-state index contributed by atoms with van der Waals surface area (Å²) in [7, 11) is -3.85. The van der Waals surface area contributed by atoms with Crippen LogP contribution in [-0.2, 0) is 10.0 Å². The molecule has 1 unspecified atom stereocenters. The van der Waals surface area contributed by atoms with Crippen LogP contribution in [0.4, 0.5) is 19.0 Å². The van der Waals surface area contributed by atoms with E-state index in [1.54, 1.807) is 18.2 Å². The molecular weight excluding hydrogens is 457 g/mol. The highest BCUT2D eigenvalue weighted by atomic mass is 35.5. The maximum atomic E-state index is 13.8. The van der Waals surface area contributed by atoms with Crippen molar-refractivity contribution in [3.05, 3.63) is 53.3 Å². The highest BCUT2D eigenvalue weighted by Crippen LogP contribution is 2.39. The molecule has 0 bridgehead atoms. The Morgan fingerprint density at radius 1 is 1.13 bits per heavy atom. The second-order valence-corrected chi connectivity index (χ2v) is 9.30. The third-order valence-corrected chi connectivity index (χ3v) is 6.16. The van der Waals surface area contributed by atoms with Crippen LogP contribution in [0.25, 0.3) is 11.0 Å². The lowest BCUT2D eigenvalue weighted by atomic mass is 10.1. The molecule has 31 heavy (non-hydrogen) atoms. The van der Waals surface area contributed by atoms with E-state index in [2.05, 4.69) is 19.7 Å². The average Bonchev–Trinajstić information content (AvgIpc) is 3.49. The molecule has 1 atom stereocenters. The number of sulfonamides is 1. The van der Waals surface area contributed by atoms with Crippen molar-refractivity contribution in [1.82, 2.24) is 15.0 Å². The van der Waals surface area contributed by atoms with Gasteiger partial charge in [0.1, 0.15) is 5.15 Å². The molecule has 1 aromatic carbocycles. The van der Waals surface area contributed by atoms with E-state index >= 15 is 0 Å². The Balaban J connectivity index is 1.75.